The molecule has 402 valence electrons. The molecule has 11 rings (SSSR count). The number of hydrogen-bond donors (Lipinski definition) is 7. The molecule has 2 aliphatic rings. The van der Waals surface area contributed by atoms with Crippen LogP contribution in [0.4, 0.5) is 11.6 Å². The quantitative estimate of drug-likeness (QED) is 0.0457. The average Bonchev–Trinajstić information content (AvgIpc) is 4.38. The fourth-order valence-electron chi connectivity index (χ4n) is 9.35. The molecule has 9 aromatic rings. The molecule has 0 unspecified atom stereocenters. The Morgan fingerprint density at radius 2 is 0.936 bits per heavy atom. The second-order valence-electron chi connectivity index (χ2n) is 18.2. The van der Waals surface area contributed by atoms with Gasteiger partial charge in [-0.25, -0.2) is 19.0 Å². The Bertz CT molecular complexity index is 3220. The fraction of sp³-hybridized carbons (Fsp3) is 0.241. The molecule has 19 nitrogen and oxygen atoms in total. The summed E-state index contributed by atoms with van der Waals surface area (Å²) in [7, 11) is 3.31. The molecular formula is C58H57ClN8O11. The van der Waals surface area contributed by atoms with Crippen molar-refractivity contribution < 1.29 is 54.1 Å². The number of ether oxygens (including phenoxy) is 4. The van der Waals surface area contributed by atoms with E-state index in [9.17, 15) is 35.1 Å². The Morgan fingerprint density at radius 3 is 1.31 bits per heavy atom. The lowest BCUT2D eigenvalue weighted by atomic mass is 9.84. The number of carbonyl (C=O) groups excluding carboxylic acids is 2. The first kappa shape index (κ1) is 54.7. The van der Waals surface area contributed by atoms with Crippen molar-refractivity contribution in [1.29, 1.82) is 0 Å². The van der Waals surface area contributed by atoms with Crippen LogP contribution >= 0.6 is 11.6 Å². The molecule has 0 aliphatic carbocycles. The van der Waals surface area contributed by atoms with Crippen molar-refractivity contribution in [3.05, 3.63) is 216 Å². The summed E-state index contributed by atoms with van der Waals surface area (Å²) >= 11 is 7.22. The average molecular weight is 1080 g/mol. The third-order valence-corrected chi connectivity index (χ3v) is 14.2. The predicted molar refractivity (Wildman–Crippen MR) is 290 cm³/mol. The summed E-state index contributed by atoms with van der Waals surface area (Å²) in [5, 5.41) is 63.8. The summed E-state index contributed by atoms with van der Waals surface area (Å²) in [6.45, 7) is 1.48. The smallest absolute Gasteiger partial charge is 0.256 e. The molecule has 0 bridgehead atoms. The summed E-state index contributed by atoms with van der Waals surface area (Å²) in [6, 6.07) is 50.2. The highest BCUT2D eigenvalue weighted by atomic mass is 35.5. The zero-order chi connectivity index (χ0) is 54.9. The first-order valence-corrected chi connectivity index (χ1v) is 25.3. The summed E-state index contributed by atoms with van der Waals surface area (Å²) in [4.78, 5) is 32.3. The number of alkyl halides is 1. The second-order valence-corrected chi connectivity index (χ2v) is 18.8. The summed E-state index contributed by atoms with van der Waals surface area (Å²) in [6.07, 6.45) is -4.12. The molecule has 6 heterocycles. The third kappa shape index (κ3) is 11.3. The van der Waals surface area contributed by atoms with Crippen LogP contribution in [0, 0.1) is 0 Å². The number of aromatic nitrogens is 6. The van der Waals surface area contributed by atoms with Crippen molar-refractivity contribution in [1.82, 2.24) is 29.2 Å². The van der Waals surface area contributed by atoms with Crippen LogP contribution in [0.5, 0.6) is 11.5 Å². The maximum absolute atomic E-state index is 12.4. The van der Waals surface area contributed by atoms with Crippen LogP contribution in [0.25, 0.3) is 11.0 Å². The van der Waals surface area contributed by atoms with Gasteiger partial charge in [-0.05, 0) is 95.9 Å². The number of halogens is 1. The highest BCUT2D eigenvalue weighted by Crippen LogP contribution is 2.44. The third-order valence-electron chi connectivity index (χ3n) is 13.5. The molecule has 0 saturated carbocycles. The molecule has 4 aromatic heterocycles. The molecule has 8 atom stereocenters. The largest absolute Gasteiger partial charge is 0.497 e. The van der Waals surface area contributed by atoms with Gasteiger partial charge < -0.3 is 55.1 Å². The molecule has 20 heteroatoms. The molecule has 7 N–H and O–H groups in total. The second kappa shape index (κ2) is 24.5. The van der Waals surface area contributed by atoms with E-state index in [1.165, 1.54) is 17.2 Å². The van der Waals surface area contributed by atoms with Crippen LogP contribution in [0.15, 0.2) is 176 Å². The number of fused-ring (bicyclic) bond motifs is 2. The minimum Gasteiger partial charge on any atom is -0.497 e. The number of benzene rings is 5. The molecule has 2 aliphatic heterocycles. The van der Waals surface area contributed by atoms with E-state index in [2.05, 4.69) is 30.8 Å². The van der Waals surface area contributed by atoms with Gasteiger partial charge >= 0.3 is 0 Å². The van der Waals surface area contributed by atoms with Gasteiger partial charge in [0.2, 0.25) is 0 Å². The monoisotopic (exact) mass is 1080 g/mol. The lowest BCUT2D eigenvalue weighted by Crippen LogP contribution is -2.32. The van der Waals surface area contributed by atoms with Gasteiger partial charge in [0, 0.05) is 11.1 Å². The number of nitrogens with one attached hydrogen (secondary N) is 2. The fourth-order valence-corrected chi connectivity index (χ4v) is 9.73. The van der Waals surface area contributed by atoms with Crippen LogP contribution in [0.1, 0.15) is 74.3 Å². The maximum Gasteiger partial charge on any atom is 0.256 e. The van der Waals surface area contributed by atoms with E-state index in [1.807, 2.05) is 97.9 Å². The van der Waals surface area contributed by atoms with E-state index in [1.54, 1.807) is 91.5 Å². The zero-order valence-corrected chi connectivity index (χ0v) is 43.3. The SMILES string of the molecule is CC[C@H]1O[C@@H](c2ccc3c(NC(=O)c4ccccc4)ncnn23)[C@H](O)[C@@H]1O.COc1ccc(C(Cl)(c2ccccc2)c2ccc(OC)cc2)cc1.O=C(Nc1ncnn2c([C@@H]3O[C@H](CO)[C@@H](O)[C@H]3O)ccc12)c1ccccc1. The Morgan fingerprint density at radius 1 is 0.551 bits per heavy atom. The molecule has 2 fully saturated rings. The van der Waals surface area contributed by atoms with Crippen LogP contribution in [-0.4, -0.2) is 124 Å². The highest BCUT2D eigenvalue weighted by Gasteiger charge is 2.45. The Balaban J connectivity index is 0.000000143. The normalized spacial score (nSPS) is 20.7. The van der Waals surface area contributed by atoms with Gasteiger partial charge in [0.1, 0.15) is 82.8 Å². The summed E-state index contributed by atoms with van der Waals surface area (Å²) in [5.74, 6) is 1.67. The summed E-state index contributed by atoms with van der Waals surface area (Å²) < 4.78 is 24.9. The van der Waals surface area contributed by atoms with Crippen LogP contribution in [0.3, 0.4) is 0 Å². The van der Waals surface area contributed by atoms with Crippen LogP contribution < -0.4 is 20.1 Å². The maximum atomic E-state index is 12.4. The molecule has 2 saturated heterocycles. The van der Waals surface area contributed by atoms with Crippen molar-refractivity contribution in [2.45, 2.75) is 67.1 Å². The van der Waals surface area contributed by atoms with E-state index in [4.69, 9.17) is 30.5 Å². The van der Waals surface area contributed by atoms with E-state index >= 15 is 0 Å². The molecule has 5 aromatic carbocycles. The number of amides is 2. The topological polar surface area (TPSA) is 257 Å². The van der Waals surface area contributed by atoms with Gasteiger partial charge in [-0.2, -0.15) is 10.2 Å². The number of nitrogens with zero attached hydrogens (tertiary/aromatic N) is 6. The Kier molecular flexibility index (Phi) is 17.2. The number of aliphatic hydroxyl groups excluding tert-OH is 5. The van der Waals surface area contributed by atoms with Crippen molar-refractivity contribution in [3.8, 4) is 11.5 Å². The first-order chi connectivity index (χ1) is 37.9. The summed E-state index contributed by atoms with van der Waals surface area (Å²) in [5.41, 5.74) is 6.14. The van der Waals surface area contributed by atoms with Gasteiger partial charge in [0.25, 0.3) is 11.8 Å². The van der Waals surface area contributed by atoms with E-state index in [0.717, 1.165) is 28.2 Å². The van der Waals surface area contributed by atoms with E-state index in [-0.39, 0.29) is 11.8 Å². The minimum atomic E-state index is -1.21. The lowest BCUT2D eigenvalue weighted by Gasteiger charge is -2.29. The molecule has 0 radical (unpaired) electrons. The number of aliphatic hydroxyl groups is 5. The Hall–Kier alpha value is -8.11. The van der Waals surface area contributed by atoms with Crippen LogP contribution in [-0.2, 0) is 14.3 Å². The zero-order valence-electron chi connectivity index (χ0n) is 42.5. The predicted octanol–water partition coefficient (Wildman–Crippen LogP) is 6.92. The molecule has 2 amide bonds. The van der Waals surface area contributed by atoms with Crippen LogP contribution in [0.2, 0.25) is 0 Å². The standard InChI is InChI=1S/C21H19ClO2.C19H20N4O4.C18H18N4O5/c1-23-19-12-8-17(9-13-19)21(22,16-6-4-3-5-7-16)18-10-14-20(24-2)15-11-18;1-2-14-15(24)16(25)17(27-14)12-8-9-13-18(20-10-21-23(12)13)22-19(26)11-6-4-3-5-7-11;23-8-13-14(24)15(25)16(27-13)11-6-7-12-17(19-9-20-22(11)12)21-18(26)10-4-2-1-3-5-10/h3-15H,1-2H3;3-10,14-17,24-25H,2H2,1H3,(H,20,21,22,26);1-7,9,13-16,23-25H,8H2,(H,19,20,21,26)/t;14-,15-,16-,17+;13-,14-,15-,16+/m.11/s1. The van der Waals surface area contributed by atoms with Gasteiger partial charge in [0.15, 0.2) is 11.6 Å². The Labute approximate surface area is 453 Å². The first-order valence-electron chi connectivity index (χ1n) is 24.9. The van der Waals surface area contributed by atoms with Gasteiger partial charge in [-0.3, -0.25) is 9.59 Å². The van der Waals surface area contributed by atoms with E-state index in [0.29, 0.717) is 51.6 Å². The van der Waals surface area contributed by atoms with Crippen molar-refractivity contribution in [3.63, 3.8) is 0 Å². The minimum absolute atomic E-state index is 0.280. The lowest BCUT2D eigenvalue weighted by molar-refractivity contribution is -0.0244. The number of rotatable bonds is 13. The number of carbonyl (C=O) groups is 2. The number of hydrogen-bond acceptors (Lipinski definition) is 15. The highest BCUT2D eigenvalue weighted by molar-refractivity contribution is 6.28. The number of methoxy groups -OCH3 is 2. The van der Waals surface area contributed by atoms with E-state index < -0.39 is 60.3 Å². The van der Waals surface area contributed by atoms with Gasteiger partial charge in [0.05, 0.1) is 38.3 Å². The number of anilines is 2. The van der Waals surface area contributed by atoms with Crippen molar-refractivity contribution >= 4 is 46.1 Å². The van der Waals surface area contributed by atoms with Crippen molar-refractivity contribution in [2.75, 3.05) is 31.5 Å². The molecule has 0 spiro atoms. The van der Waals surface area contributed by atoms with Gasteiger partial charge in [-0.15, -0.1) is 11.6 Å². The van der Waals surface area contributed by atoms with Crippen molar-refractivity contribution in [2.24, 2.45) is 0 Å². The van der Waals surface area contributed by atoms with Gasteiger partial charge in [-0.1, -0.05) is 97.9 Å². The molecule has 78 heavy (non-hydrogen) atoms. The molecular weight excluding hydrogens is 1020 g/mol.